The number of carbonyl (C=O) groups is 1. The molecule has 0 saturated carbocycles. The third-order valence-corrected chi connectivity index (χ3v) is 5.62. The van der Waals surface area contributed by atoms with E-state index in [2.05, 4.69) is 55.3 Å². The number of nitrogens with one attached hydrogen (secondary N) is 3. The van der Waals surface area contributed by atoms with Crippen molar-refractivity contribution < 1.29 is 4.79 Å². The van der Waals surface area contributed by atoms with Crippen LogP contribution in [0.3, 0.4) is 0 Å². The van der Waals surface area contributed by atoms with E-state index in [0.29, 0.717) is 30.0 Å². The highest BCUT2D eigenvalue weighted by atomic mass is 16.1. The zero-order valence-electron chi connectivity index (χ0n) is 18.4. The second kappa shape index (κ2) is 9.12. The highest BCUT2D eigenvalue weighted by Crippen LogP contribution is 2.18. The van der Waals surface area contributed by atoms with Gasteiger partial charge in [0, 0.05) is 42.2 Å². The van der Waals surface area contributed by atoms with Gasteiger partial charge < -0.3 is 15.6 Å². The van der Waals surface area contributed by atoms with E-state index in [1.807, 2.05) is 49.4 Å². The molecule has 3 N–H and O–H groups in total. The van der Waals surface area contributed by atoms with Crippen LogP contribution < -0.4 is 10.6 Å². The number of fused-ring (bicyclic) bond motifs is 2. The molecule has 8 nitrogen and oxygen atoms in total. The minimum atomic E-state index is -0.0971. The average molecular weight is 440 g/mol. The molecule has 8 heteroatoms. The number of carbonyl (C=O) groups excluding carboxylic acids is 1. The summed E-state index contributed by atoms with van der Waals surface area (Å²) >= 11 is 0. The van der Waals surface area contributed by atoms with Crippen LogP contribution in [0.1, 0.15) is 27.3 Å². The first kappa shape index (κ1) is 20.7. The molecule has 0 aliphatic carbocycles. The molecular weight excluding hydrogens is 414 g/mol. The fourth-order valence-electron chi connectivity index (χ4n) is 3.92. The minimum Gasteiger partial charge on any atom is -0.368 e. The Bertz CT molecular complexity index is 1420. The number of aryl methyl sites for hydroxylation is 1. The topological polar surface area (TPSA) is 100 Å². The van der Waals surface area contributed by atoms with E-state index >= 15 is 0 Å². The number of rotatable bonds is 8. The molecule has 0 bridgehead atoms. The van der Waals surface area contributed by atoms with Gasteiger partial charge >= 0.3 is 0 Å². The summed E-state index contributed by atoms with van der Waals surface area (Å²) in [4.78, 5) is 15.7. The number of hydrogen-bond donors (Lipinski definition) is 3. The molecule has 0 unspecified atom stereocenters. The van der Waals surface area contributed by atoms with Crippen LogP contribution in [-0.2, 0) is 12.8 Å². The summed E-state index contributed by atoms with van der Waals surface area (Å²) in [5, 5.41) is 20.6. The fraction of sp³-hybridized carbons (Fsp3) is 0.200. The molecule has 3 aromatic heterocycles. The summed E-state index contributed by atoms with van der Waals surface area (Å²) in [5.41, 5.74) is 4.81. The second-order valence-electron chi connectivity index (χ2n) is 8.02. The Morgan fingerprint density at radius 1 is 1.00 bits per heavy atom. The molecule has 5 aromatic rings. The fourth-order valence-corrected chi connectivity index (χ4v) is 3.92. The SMILES string of the molecule is Cc1cccc(C(=O)NCCc2nnc3ccc(NCCc4c[nH]c5ccccc45)nn23)c1. The summed E-state index contributed by atoms with van der Waals surface area (Å²) in [6, 6.07) is 19.6. The van der Waals surface area contributed by atoms with Crippen LogP contribution in [0.2, 0.25) is 0 Å². The highest BCUT2D eigenvalue weighted by Gasteiger charge is 2.10. The van der Waals surface area contributed by atoms with Crippen molar-refractivity contribution in [2.24, 2.45) is 0 Å². The lowest BCUT2D eigenvalue weighted by atomic mass is 10.1. The van der Waals surface area contributed by atoms with Crippen molar-refractivity contribution in [3.8, 4) is 0 Å². The Balaban J connectivity index is 1.20. The van der Waals surface area contributed by atoms with Crippen LogP contribution in [0.4, 0.5) is 5.82 Å². The lowest BCUT2D eigenvalue weighted by Gasteiger charge is -2.07. The molecule has 1 amide bonds. The van der Waals surface area contributed by atoms with Crippen molar-refractivity contribution in [3.63, 3.8) is 0 Å². The summed E-state index contributed by atoms with van der Waals surface area (Å²) in [6.07, 6.45) is 3.47. The van der Waals surface area contributed by atoms with Crippen molar-refractivity contribution in [2.45, 2.75) is 19.8 Å². The average Bonchev–Trinajstić information content (AvgIpc) is 3.43. The first-order chi connectivity index (χ1) is 16.2. The van der Waals surface area contributed by atoms with Crippen molar-refractivity contribution in [2.75, 3.05) is 18.4 Å². The van der Waals surface area contributed by atoms with Gasteiger partial charge in [0.25, 0.3) is 5.91 Å². The van der Waals surface area contributed by atoms with Gasteiger partial charge in [0.2, 0.25) is 0 Å². The summed E-state index contributed by atoms with van der Waals surface area (Å²) in [5.74, 6) is 1.36. The molecule has 0 radical (unpaired) electrons. The Morgan fingerprint density at radius 3 is 2.82 bits per heavy atom. The molecule has 0 saturated heterocycles. The van der Waals surface area contributed by atoms with E-state index < -0.39 is 0 Å². The standard InChI is InChI=1S/C25H25N7O/c1-17-5-4-6-18(15-17)25(33)27-14-12-24-30-29-23-10-9-22(31-32(23)24)26-13-11-19-16-28-21-8-3-2-7-20(19)21/h2-10,15-16,28H,11-14H2,1H3,(H,26,31)(H,27,33). The number of nitrogens with zero attached hydrogens (tertiary/aromatic N) is 4. The normalized spacial score (nSPS) is 11.2. The van der Waals surface area contributed by atoms with Gasteiger partial charge in [0.05, 0.1) is 0 Å². The number of anilines is 1. The van der Waals surface area contributed by atoms with Gasteiger partial charge in [-0.3, -0.25) is 4.79 Å². The summed E-state index contributed by atoms with van der Waals surface area (Å²) in [6.45, 7) is 3.18. The quantitative estimate of drug-likeness (QED) is 0.343. The maximum Gasteiger partial charge on any atom is 0.251 e. The Morgan fingerprint density at radius 2 is 1.91 bits per heavy atom. The van der Waals surface area contributed by atoms with Gasteiger partial charge in [0.15, 0.2) is 11.5 Å². The highest BCUT2D eigenvalue weighted by molar-refractivity contribution is 5.94. The van der Waals surface area contributed by atoms with E-state index in [-0.39, 0.29) is 5.91 Å². The first-order valence-corrected chi connectivity index (χ1v) is 11.0. The monoisotopic (exact) mass is 439 g/mol. The zero-order valence-corrected chi connectivity index (χ0v) is 18.4. The van der Waals surface area contributed by atoms with E-state index in [1.165, 1.54) is 10.9 Å². The van der Waals surface area contributed by atoms with Gasteiger partial charge in [-0.2, -0.15) is 4.52 Å². The molecular formula is C25H25N7O. The molecule has 33 heavy (non-hydrogen) atoms. The summed E-state index contributed by atoms with van der Waals surface area (Å²) in [7, 11) is 0. The van der Waals surface area contributed by atoms with E-state index in [1.54, 1.807) is 4.52 Å². The Labute approximate surface area is 191 Å². The Hall–Kier alpha value is -4.20. The number of amides is 1. The lowest BCUT2D eigenvalue weighted by molar-refractivity contribution is 0.0954. The van der Waals surface area contributed by atoms with Gasteiger partial charge in [-0.15, -0.1) is 15.3 Å². The molecule has 5 rings (SSSR count). The van der Waals surface area contributed by atoms with E-state index in [9.17, 15) is 4.79 Å². The molecule has 0 aliphatic rings. The smallest absolute Gasteiger partial charge is 0.251 e. The third-order valence-electron chi connectivity index (χ3n) is 5.62. The van der Waals surface area contributed by atoms with Gasteiger partial charge in [-0.1, -0.05) is 35.9 Å². The van der Waals surface area contributed by atoms with E-state index in [4.69, 9.17) is 0 Å². The number of para-hydroxylation sites is 1. The van der Waals surface area contributed by atoms with Crippen molar-refractivity contribution in [3.05, 3.63) is 89.4 Å². The maximum absolute atomic E-state index is 12.4. The number of aromatic nitrogens is 5. The van der Waals surface area contributed by atoms with Crippen LogP contribution in [0.5, 0.6) is 0 Å². The number of benzene rings is 2. The number of hydrogen-bond acceptors (Lipinski definition) is 5. The predicted molar refractivity (Wildman–Crippen MR) is 128 cm³/mol. The molecule has 0 fully saturated rings. The molecule has 0 aliphatic heterocycles. The van der Waals surface area contributed by atoms with Crippen molar-refractivity contribution in [1.82, 2.24) is 30.1 Å². The van der Waals surface area contributed by atoms with Crippen LogP contribution in [0.25, 0.3) is 16.6 Å². The maximum atomic E-state index is 12.4. The zero-order chi connectivity index (χ0) is 22.6. The van der Waals surface area contributed by atoms with Gasteiger partial charge in [-0.25, -0.2) is 0 Å². The third kappa shape index (κ3) is 4.55. The second-order valence-corrected chi connectivity index (χ2v) is 8.02. The molecule has 0 atom stereocenters. The summed E-state index contributed by atoms with van der Waals surface area (Å²) < 4.78 is 1.73. The molecule has 2 aromatic carbocycles. The van der Waals surface area contributed by atoms with Crippen LogP contribution in [0.15, 0.2) is 66.9 Å². The van der Waals surface area contributed by atoms with Crippen LogP contribution in [-0.4, -0.2) is 43.8 Å². The van der Waals surface area contributed by atoms with Gasteiger partial charge in [-0.05, 0) is 49.2 Å². The predicted octanol–water partition coefficient (Wildman–Crippen LogP) is 3.54. The van der Waals surface area contributed by atoms with Crippen LogP contribution in [0, 0.1) is 6.92 Å². The van der Waals surface area contributed by atoms with Crippen LogP contribution >= 0.6 is 0 Å². The molecule has 166 valence electrons. The number of aromatic amines is 1. The van der Waals surface area contributed by atoms with Crippen molar-refractivity contribution >= 4 is 28.3 Å². The van der Waals surface area contributed by atoms with E-state index in [0.717, 1.165) is 29.9 Å². The number of H-pyrrole nitrogens is 1. The Kier molecular flexibility index (Phi) is 5.72. The minimum absolute atomic E-state index is 0.0971. The molecule has 3 heterocycles. The van der Waals surface area contributed by atoms with Crippen molar-refractivity contribution in [1.29, 1.82) is 0 Å². The molecule has 0 spiro atoms. The lowest BCUT2D eigenvalue weighted by Crippen LogP contribution is -2.26. The largest absolute Gasteiger partial charge is 0.368 e. The van der Waals surface area contributed by atoms with Gasteiger partial charge in [0.1, 0.15) is 5.82 Å². The first-order valence-electron chi connectivity index (χ1n) is 11.0.